The summed E-state index contributed by atoms with van der Waals surface area (Å²) in [5.74, 6) is 0. The van der Waals surface area contributed by atoms with Crippen LogP contribution in [-0.4, -0.2) is 25.8 Å². The quantitative estimate of drug-likeness (QED) is 0.720. The van der Waals surface area contributed by atoms with Crippen molar-refractivity contribution < 1.29 is 4.74 Å². The molecule has 4 nitrogen and oxygen atoms in total. The maximum Gasteiger partial charge on any atom is 0.161 e. The molecule has 1 fully saturated rings. The first-order chi connectivity index (χ1) is 7.72. The van der Waals surface area contributed by atoms with Crippen LogP contribution in [0, 0.1) is 18.3 Å². The van der Waals surface area contributed by atoms with E-state index in [-0.39, 0.29) is 6.10 Å². The number of hydrogen-bond donors (Lipinski definition) is 1. The number of nitrogens with two attached hydrogens (primary N) is 1. The molecule has 1 heterocycles. The lowest BCUT2D eigenvalue weighted by Gasteiger charge is -2.32. The molecule has 1 aliphatic rings. The molecule has 0 bridgehead atoms. The van der Waals surface area contributed by atoms with Gasteiger partial charge >= 0.3 is 0 Å². The predicted molar refractivity (Wildman–Crippen MR) is 63.2 cm³/mol. The standard InChI is InChI=1S/C12H15N3O/c1-9-11(14)3-2-4-12(9)15-5-6-16-10(7-13)8-15/h2-4,10H,5-6,8,14H2,1H3. The highest BCUT2D eigenvalue weighted by Crippen LogP contribution is 2.26. The van der Waals surface area contributed by atoms with Crippen LogP contribution in [0.1, 0.15) is 5.56 Å². The molecular weight excluding hydrogens is 202 g/mol. The van der Waals surface area contributed by atoms with Crippen LogP contribution in [0.25, 0.3) is 0 Å². The zero-order valence-corrected chi connectivity index (χ0v) is 9.31. The van der Waals surface area contributed by atoms with Gasteiger partial charge in [0.1, 0.15) is 0 Å². The highest BCUT2D eigenvalue weighted by Gasteiger charge is 2.21. The molecule has 0 aliphatic carbocycles. The normalized spacial score (nSPS) is 20.5. The molecule has 84 valence electrons. The van der Waals surface area contributed by atoms with Gasteiger partial charge in [0.25, 0.3) is 0 Å². The van der Waals surface area contributed by atoms with Gasteiger partial charge in [-0.3, -0.25) is 0 Å². The van der Waals surface area contributed by atoms with E-state index < -0.39 is 0 Å². The van der Waals surface area contributed by atoms with Gasteiger partial charge in [-0.15, -0.1) is 0 Å². The zero-order chi connectivity index (χ0) is 11.5. The third kappa shape index (κ3) is 1.95. The molecule has 16 heavy (non-hydrogen) atoms. The lowest BCUT2D eigenvalue weighted by atomic mass is 10.1. The molecule has 4 heteroatoms. The zero-order valence-electron chi connectivity index (χ0n) is 9.31. The summed E-state index contributed by atoms with van der Waals surface area (Å²) in [5.41, 5.74) is 8.83. The van der Waals surface area contributed by atoms with Crippen LogP contribution in [0.15, 0.2) is 18.2 Å². The first-order valence-corrected chi connectivity index (χ1v) is 5.33. The molecule has 0 spiro atoms. The van der Waals surface area contributed by atoms with Crippen LogP contribution in [-0.2, 0) is 4.74 Å². The number of hydrogen-bond acceptors (Lipinski definition) is 4. The second-order valence-corrected chi connectivity index (χ2v) is 3.93. The van der Waals surface area contributed by atoms with E-state index in [0.717, 1.165) is 23.5 Å². The van der Waals surface area contributed by atoms with Crippen molar-refractivity contribution in [1.82, 2.24) is 0 Å². The maximum absolute atomic E-state index is 8.85. The van der Waals surface area contributed by atoms with E-state index in [1.54, 1.807) is 0 Å². The molecule has 1 saturated heterocycles. The molecule has 0 radical (unpaired) electrons. The van der Waals surface area contributed by atoms with Crippen LogP contribution in [0.4, 0.5) is 11.4 Å². The minimum atomic E-state index is -0.338. The fourth-order valence-electron chi connectivity index (χ4n) is 1.93. The Morgan fingerprint density at radius 2 is 2.38 bits per heavy atom. The minimum absolute atomic E-state index is 0.338. The van der Waals surface area contributed by atoms with E-state index >= 15 is 0 Å². The summed E-state index contributed by atoms with van der Waals surface area (Å²) in [6.45, 7) is 4.01. The molecule has 2 N–H and O–H groups in total. The number of nitrogens with zero attached hydrogens (tertiary/aromatic N) is 2. The summed E-state index contributed by atoms with van der Waals surface area (Å²) < 4.78 is 5.31. The van der Waals surface area contributed by atoms with Gasteiger partial charge < -0.3 is 15.4 Å². The van der Waals surface area contributed by atoms with Crippen molar-refractivity contribution in [2.24, 2.45) is 0 Å². The summed E-state index contributed by atoms with van der Waals surface area (Å²) in [6, 6.07) is 8.00. The Hall–Kier alpha value is -1.73. The lowest BCUT2D eigenvalue weighted by Crippen LogP contribution is -2.42. The molecule has 0 amide bonds. The van der Waals surface area contributed by atoms with Gasteiger partial charge in [-0.2, -0.15) is 5.26 Å². The highest BCUT2D eigenvalue weighted by atomic mass is 16.5. The van der Waals surface area contributed by atoms with Gasteiger partial charge in [0.05, 0.1) is 19.2 Å². The second kappa shape index (κ2) is 4.42. The van der Waals surface area contributed by atoms with E-state index in [4.69, 9.17) is 15.7 Å². The first-order valence-electron chi connectivity index (χ1n) is 5.33. The monoisotopic (exact) mass is 217 g/mol. The fourth-order valence-corrected chi connectivity index (χ4v) is 1.93. The molecule has 0 saturated carbocycles. The Morgan fingerprint density at radius 1 is 1.56 bits per heavy atom. The highest BCUT2D eigenvalue weighted by molar-refractivity contribution is 5.64. The van der Waals surface area contributed by atoms with Crippen molar-refractivity contribution in [2.75, 3.05) is 30.3 Å². The van der Waals surface area contributed by atoms with Crippen molar-refractivity contribution >= 4 is 11.4 Å². The van der Waals surface area contributed by atoms with Crippen molar-refractivity contribution in [3.63, 3.8) is 0 Å². The van der Waals surface area contributed by atoms with Crippen LogP contribution >= 0.6 is 0 Å². The maximum atomic E-state index is 8.85. The van der Waals surface area contributed by atoms with Gasteiger partial charge in [0.15, 0.2) is 6.10 Å². The molecule has 1 aromatic rings. The number of nitriles is 1. The van der Waals surface area contributed by atoms with E-state index in [1.165, 1.54) is 0 Å². The Balaban J connectivity index is 2.24. The molecule has 1 unspecified atom stereocenters. The van der Waals surface area contributed by atoms with Crippen LogP contribution in [0.2, 0.25) is 0 Å². The van der Waals surface area contributed by atoms with Crippen molar-refractivity contribution in [3.8, 4) is 6.07 Å². The largest absolute Gasteiger partial charge is 0.398 e. The number of morpholine rings is 1. The van der Waals surface area contributed by atoms with E-state index in [0.29, 0.717) is 13.2 Å². The number of anilines is 2. The van der Waals surface area contributed by atoms with Crippen molar-refractivity contribution in [3.05, 3.63) is 23.8 Å². The summed E-state index contributed by atoms with van der Waals surface area (Å²) in [6.07, 6.45) is -0.338. The predicted octanol–water partition coefficient (Wildman–Crippen LogP) is 1.31. The van der Waals surface area contributed by atoms with E-state index in [1.807, 2.05) is 25.1 Å². The summed E-state index contributed by atoms with van der Waals surface area (Å²) >= 11 is 0. The smallest absolute Gasteiger partial charge is 0.161 e. The third-order valence-corrected chi connectivity index (χ3v) is 2.90. The van der Waals surface area contributed by atoms with Gasteiger partial charge in [-0.25, -0.2) is 0 Å². The van der Waals surface area contributed by atoms with Crippen LogP contribution in [0.3, 0.4) is 0 Å². The lowest BCUT2D eigenvalue weighted by molar-refractivity contribution is 0.0764. The number of benzene rings is 1. The van der Waals surface area contributed by atoms with Crippen molar-refractivity contribution in [2.45, 2.75) is 13.0 Å². The number of ether oxygens (including phenoxy) is 1. The molecule has 0 aromatic heterocycles. The van der Waals surface area contributed by atoms with Gasteiger partial charge in [-0.1, -0.05) is 6.07 Å². The van der Waals surface area contributed by atoms with E-state index in [2.05, 4.69) is 11.0 Å². The average Bonchev–Trinajstić information content (AvgIpc) is 2.33. The number of rotatable bonds is 1. The van der Waals surface area contributed by atoms with Crippen molar-refractivity contribution in [1.29, 1.82) is 5.26 Å². The van der Waals surface area contributed by atoms with Crippen LogP contribution in [0.5, 0.6) is 0 Å². The molecular formula is C12H15N3O. The van der Waals surface area contributed by atoms with Gasteiger partial charge in [-0.05, 0) is 24.6 Å². The Kier molecular flexibility index (Phi) is 2.97. The fraction of sp³-hybridized carbons (Fsp3) is 0.417. The third-order valence-electron chi connectivity index (χ3n) is 2.90. The Bertz CT molecular complexity index is 425. The molecule has 1 aromatic carbocycles. The van der Waals surface area contributed by atoms with Gasteiger partial charge in [0, 0.05) is 17.9 Å². The summed E-state index contributed by atoms with van der Waals surface area (Å²) in [5, 5.41) is 8.85. The SMILES string of the molecule is Cc1c(N)cccc1N1CCOC(C#N)C1. The van der Waals surface area contributed by atoms with Gasteiger partial charge in [0.2, 0.25) is 0 Å². The second-order valence-electron chi connectivity index (χ2n) is 3.93. The Labute approximate surface area is 95.2 Å². The Morgan fingerprint density at radius 3 is 3.12 bits per heavy atom. The summed E-state index contributed by atoms with van der Waals surface area (Å²) in [4.78, 5) is 2.16. The molecule has 1 atom stereocenters. The average molecular weight is 217 g/mol. The topological polar surface area (TPSA) is 62.3 Å². The molecule has 2 rings (SSSR count). The molecule has 1 aliphatic heterocycles. The summed E-state index contributed by atoms with van der Waals surface area (Å²) in [7, 11) is 0. The van der Waals surface area contributed by atoms with E-state index in [9.17, 15) is 0 Å². The van der Waals surface area contributed by atoms with Crippen LogP contribution < -0.4 is 10.6 Å². The first kappa shape index (κ1) is 10.8. The number of nitrogen functional groups attached to an aromatic ring is 1. The minimum Gasteiger partial charge on any atom is -0.398 e.